The van der Waals surface area contributed by atoms with E-state index in [1.807, 2.05) is 6.92 Å². The van der Waals surface area contributed by atoms with E-state index >= 15 is 0 Å². The topological polar surface area (TPSA) is 122 Å². The molecule has 1 aliphatic heterocycles. The minimum absolute atomic E-state index is 0.0340. The summed E-state index contributed by atoms with van der Waals surface area (Å²) in [7, 11) is -7.57. The predicted molar refractivity (Wildman–Crippen MR) is 156 cm³/mol. The minimum Gasteiger partial charge on any atom is -0.494 e. The van der Waals surface area contributed by atoms with Crippen LogP contribution in [-0.2, 0) is 24.8 Å². The monoisotopic (exact) mass is 601 g/mol. The Labute approximate surface area is 242 Å². The first kappa shape index (κ1) is 30.4. The number of hydrogen-bond acceptors (Lipinski definition) is 7. The van der Waals surface area contributed by atoms with Gasteiger partial charge >= 0.3 is 0 Å². The van der Waals surface area contributed by atoms with Gasteiger partial charge in [0.15, 0.2) is 0 Å². The Morgan fingerprint density at radius 1 is 0.805 bits per heavy atom. The molecule has 10 nitrogen and oxygen atoms in total. The number of carbonyl (C=O) groups is 1. The highest BCUT2D eigenvalue weighted by Gasteiger charge is 2.28. The highest BCUT2D eigenvalue weighted by Crippen LogP contribution is 2.25. The summed E-state index contributed by atoms with van der Waals surface area (Å²) in [6.45, 7) is 3.16. The molecule has 220 valence electrons. The van der Waals surface area contributed by atoms with Gasteiger partial charge in [0.25, 0.3) is 10.0 Å². The van der Waals surface area contributed by atoms with Crippen LogP contribution >= 0.6 is 0 Å². The summed E-state index contributed by atoms with van der Waals surface area (Å²) in [6.07, 6.45) is 2.77. The summed E-state index contributed by atoms with van der Waals surface area (Å²) in [6, 6.07) is 20.7. The second-order valence-electron chi connectivity index (χ2n) is 9.39. The Hall–Kier alpha value is -3.61. The first-order chi connectivity index (χ1) is 19.7. The Morgan fingerprint density at radius 3 is 2.00 bits per heavy atom. The van der Waals surface area contributed by atoms with Crippen molar-refractivity contribution in [2.24, 2.45) is 0 Å². The lowest BCUT2D eigenvalue weighted by atomic mass is 10.2. The molecule has 41 heavy (non-hydrogen) atoms. The van der Waals surface area contributed by atoms with Gasteiger partial charge in [0.05, 0.1) is 28.6 Å². The van der Waals surface area contributed by atoms with E-state index in [0.717, 1.165) is 23.6 Å². The number of amides is 1. The zero-order valence-corrected chi connectivity index (χ0v) is 24.6. The maximum absolute atomic E-state index is 13.5. The standard InChI is InChI=1S/C29H35N3O7S2/c1-2-38-25-11-17-28(18-12-25)41(36,37)32(24-9-5-3-6-10-24)23-29(33)30-19-22-39-26-13-15-27(16-14-26)40(34,35)31-20-7-4-8-21-31/h3,5-6,9-18H,2,4,7-8,19-23H2,1H3,(H,30,33). The van der Waals surface area contributed by atoms with Crippen molar-refractivity contribution in [3.8, 4) is 11.5 Å². The SMILES string of the molecule is CCOc1ccc(S(=O)(=O)N(CC(=O)NCCOc2ccc(S(=O)(=O)N3CCCCC3)cc2)c2ccccc2)cc1. The van der Waals surface area contributed by atoms with Gasteiger partial charge in [0.1, 0.15) is 24.7 Å². The lowest BCUT2D eigenvalue weighted by Crippen LogP contribution is -2.41. The molecule has 0 radical (unpaired) electrons. The molecule has 3 aromatic carbocycles. The van der Waals surface area contributed by atoms with Crippen molar-refractivity contribution in [2.75, 3.05) is 43.7 Å². The molecule has 1 heterocycles. The quantitative estimate of drug-likeness (QED) is 0.297. The summed E-state index contributed by atoms with van der Waals surface area (Å²) in [5.41, 5.74) is 0.354. The predicted octanol–water partition coefficient (Wildman–Crippen LogP) is 3.65. The third kappa shape index (κ3) is 7.78. The van der Waals surface area contributed by atoms with Crippen LogP contribution < -0.4 is 19.1 Å². The molecule has 1 amide bonds. The van der Waals surface area contributed by atoms with Gasteiger partial charge < -0.3 is 14.8 Å². The number of para-hydroxylation sites is 1. The zero-order chi connectivity index (χ0) is 29.3. The van der Waals surface area contributed by atoms with E-state index in [9.17, 15) is 21.6 Å². The fourth-order valence-corrected chi connectivity index (χ4v) is 7.36. The lowest BCUT2D eigenvalue weighted by molar-refractivity contribution is -0.119. The van der Waals surface area contributed by atoms with Gasteiger partial charge in [-0.05, 0) is 80.4 Å². The van der Waals surface area contributed by atoms with Gasteiger partial charge in [0, 0.05) is 13.1 Å². The summed E-state index contributed by atoms with van der Waals surface area (Å²) in [4.78, 5) is 13.0. The van der Waals surface area contributed by atoms with Crippen molar-refractivity contribution in [3.63, 3.8) is 0 Å². The van der Waals surface area contributed by atoms with E-state index in [1.54, 1.807) is 54.6 Å². The lowest BCUT2D eigenvalue weighted by Gasteiger charge is -2.25. The molecular weight excluding hydrogens is 566 g/mol. The number of ether oxygens (including phenoxy) is 2. The molecule has 0 unspecified atom stereocenters. The molecule has 0 atom stereocenters. The number of benzene rings is 3. The molecule has 12 heteroatoms. The normalized spacial score (nSPS) is 14.3. The maximum atomic E-state index is 13.5. The number of anilines is 1. The van der Waals surface area contributed by atoms with Crippen LogP contribution in [0.15, 0.2) is 88.7 Å². The van der Waals surface area contributed by atoms with Crippen molar-refractivity contribution in [1.29, 1.82) is 0 Å². The van der Waals surface area contributed by atoms with E-state index in [-0.39, 0.29) is 22.9 Å². The number of sulfonamides is 2. The van der Waals surface area contributed by atoms with Gasteiger partial charge in [-0.1, -0.05) is 24.6 Å². The molecule has 0 saturated carbocycles. The molecular formula is C29H35N3O7S2. The molecule has 0 bridgehead atoms. The Bertz CT molecular complexity index is 1490. The molecule has 3 aromatic rings. The van der Waals surface area contributed by atoms with Crippen LogP contribution in [0.1, 0.15) is 26.2 Å². The van der Waals surface area contributed by atoms with Crippen molar-refractivity contribution in [1.82, 2.24) is 9.62 Å². The van der Waals surface area contributed by atoms with E-state index in [4.69, 9.17) is 9.47 Å². The molecule has 1 fully saturated rings. The molecule has 1 N–H and O–H groups in total. The summed E-state index contributed by atoms with van der Waals surface area (Å²) in [5, 5.41) is 2.69. The number of nitrogens with one attached hydrogen (secondary N) is 1. The van der Waals surface area contributed by atoms with E-state index in [1.165, 1.54) is 28.6 Å². The number of rotatable bonds is 13. The van der Waals surface area contributed by atoms with Crippen LogP contribution in [0.4, 0.5) is 5.69 Å². The molecule has 1 aliphatic rings. The Balaban J connectivity index is 1.34. The smallest absolute Gasteiger partial charge is 0.264 e. The highest BCUT2D eigenvalue weighted by atomic mass is 32.2. The average molecular weight is 602 g/mol. The van der Waals surface area contributed by atoms with Gasteiger partial charge in [-0.15, -0.1) is 0 Å². The van der Waals surface area contributed by atoms with Crippen LogP contribution in [0.25, 0.3) is 0 Å². The van der Waals surface area contributed by atoms with Crippen LogP contribution in [0.2, 0.25) is 0 Å². The van der Waals surface area contributed by atoms with Crippen LogP contribution in [0.5, 0.6) is 11.5 Å². The van der Waals surface area contributed by atoms with Crippen LogP contribution in [0.3, 0.4) is 0 Å². The largest absolute Gasteiger partial charge is 0.494 e. The van der Waals surface area contributed by atoms with E-state index < -0.39 is 32.5 Å². The summed E-state index contributed by atoms with van der Waals surface area (Å²) in [5.74, 6) is 0.504. The average Bonchev–Trinajstić information content (AvgIpc) is 2.99. The second kappa shape index (κ2) is 13.8. The zero-order valence-electron chi connectivity index (χ0n) is 22.9. The van der Waals surface area contributed by atoms with Gasteiger partial charge in [0.2, 0.25) is 15.9 Å². The summed E-state index contributed by atoms with van der Waals surface area (Å²) >= 11 is 0. The van der Waals surface area contributed by atoms with Crippen molar-refractivity contribution in [2.45, 2.75) is 36.0 Å². The number of carbonyl (C=O) groups excluding carboxylic acids is 1. The Kier molecular flexibility index (Phi) is 10.2. The van der Waals surface area contributed by atoms with Crippen molar-refractivity contribution >= 4 is 31.6 Å². The van der Waals surface area contributed by atoms with E-state index in [0.29, 0.717) is 36.9 Å². The summed E-state index contributed by atoms with van der Waals surface area (Å²) < 4.78 is 66.2. The first-order valence-electron chi connectivity index (χ1n) is 13.5. The number of hydrogen-bond donors (Lipinski definition) is 1. The van der Waals surface area contributed by atoms with Crippen LogP contribution in [0, 0.1) is 0 Å². The van der Waals surface area contributed by atoms with Gasteiger partial charge in [-0.2, -0.15) is 4.31 Å². The van der Waals surface area contributed by atoms with Gasteiger partial charge in [-0.3, -0.25) is 9.10 Å². The van der Waals surface area contributed by atoms with Crippen molar-refractivity contribution in [3.05, 3.63) is 78.9 Å². The van der Waals surface area contributed by atoms with E-state index in [2.05, 4.69) is 5.32 Å². The maximum Gasteiger partial charge on any atom is 0.264 e. The number of piperidine rings is 1. The number of nitrogens with zero attached hydrogens (tertiary/aromatic N) is 2. The third-order valence-corrected chi connectivity index (χ3v) is 10.2. The van der Waals surface area contributed by atoms with Crippen molar-refractivity contribution < 1.29 is 31.1 Å². The third-order valence-electron chi connectivity index (χ3n) is 6.52. The Morgan fingerprint density at radius 2 is 1.39 bits per heavy atom. The second-order valence-corrected chi connectivity index (χ2v) is 13.2. The fraction of sp³-hybridized carbons (Fsp3) is 0.345. The molecule has 4 rings (SSSR count). The first-order valence-corrected chi connectivity index (χ1v) is 16.4. The highest BCUT2D eigenvalue weighted by molar-refractivity contribution is 7.92. The minimum atomic E-state index is -4.05. The van der Waals surface area contributed by atoms with Gasteiger partial charge in [-0.25, -0.2) is 16.8 Å². The molecule has 0 aromatic heterocycles. The van der Waals surface area contributed by atoms with Crippen LogP contribution in [-0.4, -0.2) is 66.4 Å². The molecule has 0 aliphatic carbocycles. The molecule has 1 saturated heterocycles. The fourth-order valence-electron chi connectivity index (χ4n) is 4.42. The molecule has 0 spiro atoms.